The fourth-order valence-corrected chi connectivity index (χ4v) is 4.84. The van der Waals surface area contributed by atoms with E-state index >= 15 is 0 Å². The van der Waals surface area contributed by atoms with E-state index in [4.69, 9.17) is 46.4 Å². The molecule has 0 aromatic heterocycles. The minimum Gasteiger partial charge on any atom is -0.352 e. The highest BCUT2D eigenvalue weighted by Crippen LogP contribution is 2.26. The number of carbonyl (C=O) groups excluding carboxylic acids is 2. The zero-order chi connectivity index (χ0) is 23.3. The fourth-order valence-electron chi connectivity index (χ4n) is 4.05. The largest absolute Gasteiger partial charge is 0.352 e. The minimum atomic E-state index is -0.613. The molecule has 1 N–H and O–H groups in total. The van der Waals surface area contributed by atoms with Gasteiger partial charge in [0.2, 0.25) is 11.8 Å². The van der Waals surface area contributed by atoms with Gasteiger partial charge in [0.05, 0.1) is 16.5 Å². The van der Waals surface area contributed by atoms with Gasteiger partial charge in [-0.2, -0.15) is 0 Å². The molecule has 0 aliphatic heterocycles. The van der Waals surface area contributed by atoms with E-state index in [0.29, 0.717) is 26.5 Å². The molecule has 172 valence electrons. The first-order valence-corrected chi connectivity index (χ1v) is 12.3. The molecule has 2 amide bonds. The molecule has 3 rings (SSSR count). The standard InChI is InChI=1S/C24H26Cl4N2O2/c1-2-22(24(32)29-18-5-3-4-6-18)30(14-16-8-9-17(25)13-20(16)27)23(31)12-15-7-10-19(26)21(28)11-15/h7-11,13,18,22H,2-6,12,14H2,1H3,(H,29,32)/t22-/m0/s1. The van der Waals surface area contributed by atoms with Gasteiger partial charge in [-0.25, -0.2) is 0 Å². The first-order valence-electron chi connectivity index (χ1n) is 10.8. The van der Waals surface area contributed by atoms with Crippen molar-refractivity contribution in [1.82, 2.24) is 10.2 Å². The van der Waals surface area contributed by atoms with Crippen LogP contribution in [-0.4, -0.2) is 28.8 Å². The Kier molecular flexibility index (Phi) is 9.13. The van der Waals surface area contributed by atoms with Crippen LogP contribution in [0.15, 0.2) is 36.4 Å². The lowest BCUT2D eigenvalue weighted by atomic mass is 10.1. The van der Waals surface area contributed by atoms with Gasteiger partial charge in [0, 0.05) is 22.6 Å². The molecule has 0 bridgehead atoms. The zero-order valence-electron chi connectivity index (χ0n) is 17.8. The number of nitrogens with one attached hydrogen (secondary N) is 1. The van der Waals surface area contributed by atoms with Crippen molar-refractivity contribution in [2.24, 2.45) is 0 Å². The highest BCUT2D eigenvalue weighted by molar-refractivity contribution is 6.42. The fraction of sp³-hybridized carbons (Fsp3) is 0.417. The average molecular weight is 516 g/mol. The van der Waals surface area contributed by atoms with Crippen LogP contribution in [0.1, 0.15) is 50.2 Å². The lowest BCUT2D eigenvalue weighted by molar-refractivity contribution is -0.141. The summed E-state index contributed by atoms with van der Waals surface area (Å²) in [5, 5.41) is 4.91. The number of halogens is 4. The van der Waals surface area contributed by atoms with Crippen molar-refractivity contribution >= 4 is 58.2 Å². The second-order valence-corrected chi connectivity index (χ2v) is 9.75. The molecule has 8 heteroatoms. The van der Waals surface area contributed by atoms with E-state index in [1.807, 2.05) is 6.92 Å². The van der Waals surface area contributed by atoms with E-state index in [1.54, 1.807) is 41.3 Å². The molecule has 0 unspecified atom stereocenters. The van der Waals surface area contributed by atoms with Crippen LogP contribution in [0.25, 0.3) is 0 Å². The van der Waals surface area contributed by atoms with Crippen molar-refractivity contribution in [3.05, 3.63) is 67.6 Å². The first kappa shape index (κ1) is 25.2. The van der Waals surface area contributed by atoms with E-state index < -0.39 is 6.04 Å². The van der Waals surface area contributed by atoms with Gasteiger partial charge < -0.3 is 10.2 Å². The monoisotopic (exact) mass is 514 g/mol. The van der Waals surface area contributed by atoms with Gasteiger partial charge in [-0.1, -0.05) is 78.3 Å². The number of rotatable bonds is 8. The molecular formula is C24H26Cl4N2O2. The normalized spacial score (nSPS) is 14.9. The predicted octanol–water partition coefficient (Wildman–Crippen LogP) is 6.71. The first-order chi connectivity index (χ1) is 15.3. The topological polar surface area (TPSA) is 49.4 Å². The summed E-state index contributed by atoms with van der Waals surface area (Å²) >= 11 is 24.6. The molecule has 0 radical (unpaired) electrons. The highest BCUT2D eigenvalue weighted by atomic mass is 35.5. The quantitative estimate of drug-likeness (QED) is 0.424. The number of carbonyl (C=O) groups is 2. The Hall–Kier alpha value is -1.46. The summed E-state index contributed by atoms with van der Waals surface area (Å²) in [6.45, 7) is 2.11. The van der Waals surface area contributed by atoms with Gasteiger partial charge in [-0.05, 0) is 54.7 Å². The van der Waals surface area contributed by atoms with Crippen LogP contribution >= 0.6 is 46.4 Å². The Morgan fingerprint density at radius 3 is 2.34 bits per heavy atom. The zero-order valence-corrected chi connectivity index (χ0v) is 20.9. The number of amides is 2. The Balaban J connectivity index is 1.86. The van der Waals surface area contributed by atoms with Crippen LogP contribution in [0.3, 0.4) is 0 Å². The van der Waals surface area contributed by atoms with Gasteiger partial charge in [0.1, 0.15) is 6.04 Å². The molecule has 1 aliphatic rings. The molecule has 2 aromatic carbocycles. The van der Waals surface area contributed by atoms with Gasteiger partial charge in [-0.3, -0.25) is 9.59 Å². The Morgan fingerprint density at radius 1 is 1.00 bits per heavy atom. The number of benzene rings is 2. The van der Waals surface area contributed by atoms with Gasteiger partial charge in [0.15, 0.2) is 0 Å². The molecule has 0 heterocycles. The maximum atomic E-state index is 13.4. The SMILES string of the molecule is CC[C@@H](C(=O)NC1CCCC1)N(Cc1ccc(Cl)cc1Cl)C(=O)Cc1ccc(Cl)c(Cl)c1. The lowest BCUT2D eigenvalue weighted by Crippen LogP contribution is -2.51. The van der Waals surface area contributed by atoms with Gasteiger partial charge >= 0.3 is 0 Å². The van der Waals surface area contributed by atoms with Crippen LogP contribution in [0.2, 0.25) is 20.1 Å². The third kappa shape index (κ3) is 6.54. The molecule has 4 nitrogen and oxygen atoms in total. The van der Waals surface area contributed by atoms with Crippen molar-refractivity contribution in [3.8, 4) is 0 Å². The second-order valence-electron chi connectivity index (χ2n) is 8.10. The summed E-state index contributed by atoms with van der Waals surface area (Å²) in [6, 6.07) is 9.81. The molecular weight excluding hydrogens is 490 g/mol. The third-order valence-electron chi connectivity index (χ3n) is 5.78. The van der Waals surface area contributed by atoms with E-state index in [-0.39, 0.29) is 30.8 Å². The summed E-state index contributed by atoms with van der Waals surface area (Å²) in [7, 11) is 0. The smallest absolute Gasteiger partial charge is 0.243 e. The summed E-state index contributed by atoms with van der Waals surface area (Å²) in [5.41, 5.74) is 1.45. The van der Waals surface area contributed by atoms with Crippen LogP contribution in [0.4, 0.5) is 0 Å². The minimum absolute atomic E-state index is 0.0926. The van der Waals surface area contributed by atoms with E-state index in [1.165, 1.54) is 0 Å². The molecule has 2 aromatic rings. The molecule has 1 saturated carbocycles. The second kappa shape index (κ2) is 11.6. The number of hydrogen-bond donors (Lipinski definition) is 1. The summed E-state index contributed by atoms with van der Waals surface area (Å²) < 4.78 is 0. The van der Waals surface area contributed by atoms with Gasteiger partial charge in [0.25, 0.3) is 0 Å². The van der Waals surface area contributed by atoms with E-state index in [9.17, 15) is 9.59 Å². The molecule has 32 heavy (non-hydrogen) atoms. The average Bonchev–Trinajstić information content (AvgIpc) is 3.25. The summed E-state index contributed by atoms with van der Waals surface area (Å²) in [6.07, 6.45) is 4.75. The van der Waals surface area contributed by atoms with E-state index in [2.05, 4.69) is 5.32 Å². The summed E-state index contributed by atoms with van der Waals surface area (Å²) in [4.78, 5) is 28.2. The molecule has 1 atom stereocenters. The number of hydrogen-bond acceptors (Lipinski definition) is 2. The Bertz CT molecular complexity index is 976. The van der Waals surface area contributed by atoms with Crippen LogP contribution in [0.5, 0.6) is 0 Å². The van der Waals surface area contributed by atoms with Crippen LogP contribution in [0, 0.1) is 0 Å². The van der Waals surface area contributed by atoms with Crippen molar-refractivity contribution in [2.75, 3.05) is 0 Å². The van der Waals surface area contributed by atoms with Crippen molar-refractivity contribution in [1.29, 1.82) is 0 Å². The van der Waals surface area contributed by atoms with Crippen LogP contribution in [-0.2, 0) is 22.6 Å². The van der Waals surface area contributed by atoms with Crippen molar-refractivity contribution in [2.45, 2.75) is 64.1 Å². The highest BCUT2D eigenvalue weighted by Gasteiger charge is 2.31. The summed E-state index contributed by atoms with van der Waals surface area (Å²) in [5.74, 6) is -0.324. The van der Waals surface area contributed by atoms with Gasteiger partial charge in [-0.15, -0.1) is 0 Å². The maximum absolute atomic E-state index is 13.4. The molecule has 1 aliphatic carbocycles. The van der Waals surface area contributed by atoms with E-state index in [0.717, 1.165) is 36.8 Å². The predicted molar refractivity (Wildman–Crippen MR) is 132 cm³/mol. The van der Waals surface area contributed by atoms with Crippen LogP contribution < -0.4 is 5.32 Å². The third-order valence-corrected chi connectivity index (χ3v) is 7.11. The molecule has 1 fully saturated rings. The lowest BCUT2D eigenvalue weighted by Gasteiger charge is -2.32. The molecule has 0 spiro atoms. The number of nitrogens with zero attached hydrogens (tertiary/aromatic N) is 1. The van der Waals surface area contributed by atoms with Crippen molar-refractivity contribution < 1.29 is 9.59 Å². The Labute approximate surface area is 209 Å². The molecule has 0 saturated heterocycles. The maximum Gasteiger partial charge on any atom is 0.243 e. The van der Waals surface area contributed by atoms with Crippen molar-refractivity contribution in [3.63, 3.8) is 0 Å². The Morgan fingerprint density at radius 2 is 1.72 bits per heavy atom.